The molecule has 2 rings (SSSR count). The lowest BCUT2D eigenvalue weighted by Crippen LogP contribution is -2.47. The molecule has 0 spiro atoms. The van der Waals surface area contributed by atoms with Crippen molar-refractivity contribution in [3.8, 4) is 0 Å². The molecule has 0 radical (unpaired) electrons. The van der Waals surface area contributed by atoms with E-state index in [0.717, 1.165) is 43.1 Å². The Bertz CT molecular complexity index is 406. The summed E-state index contributed by atoms with van der Waals surface area (Å²) in [5.41, 5.74) is 1.07. The number of rotatable bonds is 4. The number of nitrogens with zero attached hydrogens (tertiary/aromatic N) is 2. The van der Waals surface area contributed by atoms with E-state index in [1.165, 1.54) is 0 Å². The Morgan fingerprint density at radius 2 is 2.15 bits per heavy atom. The number of nitrogens with one attached hydrogen (secondary N) is 2. The van der Waals surface area contributed by atoms with Crippen LogP contribution in [0.2, 0.25) is 0 Å². The molecule has 116 valence electrons. The molecule has 0 aromatic carbocycles. The van der Waals surface area contributed by atoms with Gasteiger partial charge in [-0.3, -0.25) is 0 Å². The van der Waals surface area contributed by atoms with E-state index in [9.17, 15) is 5.11 Å². The van der Waals surface area contributed by atoms with Gasteiger partial charge in [0.25, 0.3) is 0 Å². The Balaban J connectivity index is 0.00000180. The predicted molar refractivity (Wildman–Crippen MR) is 86.2 cm³/mol. The van der Waals surface area contributed by atoms with Gasteiger partial charge in [0.2, 0.25) is 0 Å². The Morgan fingerprint density at radius 3 is 2.80 bits per heavy atom. The average molecular weight is 323 g/mol. The third-order valence-corrected chi connectivity index (χ3v) is 3.18. The lowest BCUT2D eigenvalue weighted by Gasteiger charge is -2.29. The molecular formula is C13H24Cl2N4O. The lowest BCUT2D eigenvalue weighted by atomic mass is 10.0. The molecule has 1 aromatic heterocycles. The molecule has 20 heavy (non-hydrogen) atoms. The zero-order chi connectivity index (χ0) is 13.0. The number of hydrogen-bond acceptors (Lipinski definition) is 5. The van der Waals surface area contributed by atoms with Gasteiger partial charge in [-0.2, -0.15) is 0 Å². The van der Waals surface area contributed by atoms with Crippen LogP contribution >= 0.6 is 24.8 Å². The molecule has 1 aliphatic rings. The summed E-state index contributed by atoms with van der Waals surface area (Å²) in [6, 6.07) is 2.07. The second kappa shape index (κ2) is 9.34. The summed E-state index contributed by atoms with van der Waals surface area (Å²) in [5.74, 6) is 1.61. The molecule has 1 fully saturated rings. The topological polar surface area (TPSA) is 70.1 Å². The highest BCUT2D eigenvalue weighted by Crippen LogP contribution is 2.14. The van der Waals surface area contributed by atoms with Crippen molar-refractivity contribution in [2.45, 2.75) is 45.3 Å². The summed E-state index contributed by atoms with van der Waals surface area (Å²) in [6.07, 6.45) is 2.59. The van der Waals surface area contributed by atoms with Gasteiger partial charge < -0.3 is 15.7 Å². The number of hydrogen-bond donors (Lipinski definition) is 3. The van der Waals surface area contributed by atoms with Crippen LogP contribution in [-0.4, -0.2) is 40.3 Å². The summed E-state index contributed by atoms with van der Waals surface area (Å²) < 4.78 is 0. The van der Waals surface area contributed by atoms with Crippen LogP contribution in [0.3, 0.4) is 0 Å². The van der Waals surface area contributed by atoms with Crippen molar-refractivity contribution >= 4 is 30.6 Å². The largest absolute Gasteiger partial charge is 0.390 e. The number of aromatic nitrogens is 2. The Morgan fingerprint density at radius 1 is 1.40 bits per heavy atom. The molecule has 1 aliphatic heterocycles. The van der Waals surface area contributed by atoms with Crippen LogP contribution in [-0.2, 0) is 6.42 Å². The van der Waals surface area contributed by atoms with Crippen LogP contribution < -0.4 is 10.6 Å². The van der Waals surface area contributed by atoms with Gasteiger partial charge in [-0.25, -0.2) is 9.97 Å². The van der Waals surface area contributed by atoms with Gasteiger partial charge in [0.05, 0.1) is 12.1 Å². The third-order valence-electron chi connectivity index (χ3n) is 3.18. The summed E-state index contributed by atoms with van der Waals surface area (Å²) >= 11 is 0. The first kappa shape index (κ1) is 19.4. The number of halogens is 2. The third kappa shape index (κ3) is 5.40. The minimum absolute atomic E-state index is 0. The second-order valence-electron chi connectivity index (χ2n) is 4.85. The molecule has 0 aliphatic carbocycles. The van der Waals surface area contributed by atoms with Gasteiger partial charge in [-0.05, 0) is 26.3 Å². The molecule has 1 aromatic rings. The van der Waals surface area contributed by atoms with Gasteiger partial charge in [-0.1, -0.05) is 13.3 Å². The van der Waals surface area contributed by atoms with Crippen LogP contribution in [0.25, 0.3) is 0 Å². The molecule has 0 unspecified atom stereocenters. The zero-order valence-electron chi connectivity index (χ0n) is 11.9. The van der Waals surface area contributed by atoms with E-state index in [2.05, 4.69) is 27.5 Å². The standard InChI is InChI=1S/C13H22N4O.2ClH/c1-3-4-10-7-13(16-9(2)15-10)17-11-5-6-14-8-12(11)18;;/h7,11-12,14,18H,3-6,8H2,1-2H3,(H,15,16,17);2*1H/t11-,12-;;/m1../s1. The first-order chi connectivity index (χ1) is 8.69. The summed E-state index contributed by atoms with van der Waals surface area (Å²) in [6.45, 7) is 5.62. The highest BCUT2D eigenvalue weighted by molar-refractivity contribution is 5.85. The maximum absolute atomic E-state index is 9.90. The number of anilines is 1. The van der Waals surface area contributed by atoms with Crippen molar-refractivity contribution in [1.82, 2.24) is 15.3 Å². The normalized spacial score (nSPS) is 21.6. The zero-order valence-corrected chi connectivity index (χ0v) is 13.6. The molecular weight excluding hydrogens is 299 g/mol. The fourth-order valence-electron chi connectivity index (χ4n) is 2.29. The number of β-amino-alcohol motifs (C(OH)–C–C–N with tert-alkyl or cyclic N) is 1. The molecule has 2 atom stereocenters. The SMILES string of the molecule is CCCc1cc(N[C@@H]2CCNC[C@H]2O)nc(C)n1.Cl.Cl. The van der Waals surface area contributed by atoms with Crippen molar-refractivity contribution in [2.75, 3.05) is 18.4 Å². The quantitative estimate of drug-likeness (QED) is 0.787. The van der Waals surface area contributed by atoms with Gasteiger partial charge in [-0.15, -0.1) is 24.8 Å². The van der Waals surface area contributed by atoms with E-state index >= 15 is 0 Å². The summed E-state index contributed by atoms with van der Waals surface area (Å²) in [4.78, 5) is 8.80. The van der Waals surface area contributed by atoms with E-state index in [1.54, 1.807) is 0 Å². The first-order valence-corrected chi connectivity index (χ1v) is 6.69. The first-order valence-electron chi connectivity index (χ1n) is 6.69. The molecule has 3 N–H and O–H groups in total. The van der Waals surface area contributed by atoms with Crippen LogP contribution in [0.15, 0.2) is 6.07 Å². The maximum atomic E-state index is 9.90. The van der Waals surface area contributed by atoms with Crippen molar-refractivity contribution in [2.24, 2.45) is 0 Å². The van der Waals surface area contributed by atoms with E-state index < -0.39 is 0 Å². The molecule has 0 saturated carbocycles. The molecule has 5 nitrogen and oxygen atoms in total. The van der Waals surface area contributed by atoms with E-state index in [0.29, 0.717) is 6.54 Å². The van der Waals surface area contributed by atoms with Crippen molar-refractivity contribution in [1.29, 1.82) is 0 Å². The Labute approximate surface area is 132 Å². The maximum Gasteiger partial charge on any atom is 0.130 e. The number of aryl methyl sites for hydroxylation is 2. The lowest BCUT2D eigenvalue weighted by molar-refractivity contribution is 0.128. The summed E-state index contributed by atoms with van der Waals surface area (Å²) in [5, 5.41) is 16.4. The molecule has 0 amide bonds. The Kier molecular flexibility index (Phi) is 9.05. The van der Waals surface area contributed by atoms with Crippen molar-refractivity contribution < 1.29 is 5.11 Å². The fraction of sp³-hybridized carbons (Fsp3) is 0.692. The van der Waals surface area contributed by atoms with Gasteiger partial charge in [0.15, 0.2) is 0 Å². The van der Waals surface area contributed by atoms with Crippen LogP contribution in [0, 0.1) is 6.92 Å². The van der Waals surface area contributed by atoms with Crippen LogP contribution in [0.4, 0.5) is 5.82 Å². The highest BCUT2D eigenvalue weighted by atomic mass is 35.5. The number of aliphatic hydroxyl groups excluding tert-OH is 1. The minimum Gasteiger partial charge on any atom is -0.390 e. The molecule has 7 heteroatoms. The van der Waals surface area contributed by atoms with Crippen LogP contribution in [0.5, 0.6) is 0 Å². The molecule has 0 bridgehead atoms. The van der Waals surface area contributed by atoms with Gasteiger partial charge in [0, 0.05) is 18.3 Å². The average Bonchev–Trinajstić information content (AvgIpc) is 2.32. The fourth-order valence-corrected chi connectivity index (χ4v) is 2.29. The predicted octanol–water partition coefficient (Wildman–Crippen LogP) is 1.72. The Hall–Kier alpha value is -0.620. The highest BCUT2D eigenvalue weighted by Gasteiger charge is 2.22. The van der Waals surface area contributed by atoms with Gasteiger partial charge in [0.1, 0.15) is 11.6 Å². The van der Waals surface area contributed by atoms with Crippen molar-refractivity contribution in [3.05, 3.63) is 17.6 Å². The van der Waals surface area contributed by atoms with E-state index in [-0.39, 0.29) is 37.0 Å². The monoisotopic (exact) mass is 322 g/mol. The van der Waals surface area contributed by atoms with Crippen LogP contribution in [0.1, 0.15) is 31.3 Å². The minimum atomic E-state index is -0.358. The smallest absolute Gasteiger partial charge is 0.130 e. The number of aliphatic hydroxyl groups is 1. The van der Waals surface area contributed by atoms with E-state index in [1.807, 2.05) is 13.0 Å². The van der Waals surface area contributed by atoms with E-state index in [4.69, 9.17) is 0 Å². The number of piperidine rings is 1. The summed E-state index contributed by atoms with van der Waals surface area (Å²) in [7, 11) is 0. The molecule has 2 heterocycles. The second-order valence-corrected chi connectivity index (χ2v) is 4.85. The van der Waals surface area contributed by atoms with Crippen molar-refractivity contribution in [3.63, 3.8) is 0 Å². The van der Waals surface area contributed by atoms with Gasteiger partial charge >= 0.3 is 0 Å². The molecule has 1 saturated heterocycles.